The van der Waals surface area contributed by atoms with Crippen molar-refractivity contribution < 1.29 is 22.3 Å². The van der Waals surface area contributed by atoms with Crippen LogP contribution in [-0.2, 0) is 9.84 Å². The Hall–Kier alpha value is -1.34. The zero-order valence-electron chi connectivity index (χ0n) is 12.4. The van der Waals surface area contributed by atoms with E-state index in [1.165, 1.54) is 20.3 Å². The van der Waals surface area contributed by atoms with Crippen LogP contribution in [0.5, 0.6) is 11.5 Å². The van der Waals surface area contributed by atoms with Crippen LogP contribution in [-0.4, -0.2) is 35.4 Å². The molecule has 1 aromatic rings. The maximum absolute atomic E-state index is 14.3. The summed E-state index contributed by atoms with van der Waals surface area (Å²) in [6, 6.07) is 1.17. The lowest BCUT2D eigenvalue weighted by atomic mass is 9.96. The average Bonchev–Trinajstić information content (AvgIpc) is 2.45. The fourth-order valence-electron chi connectivity index (χ4n) is 2.73. The van der Waals surface area contributed by atoms with E-state index < -0.39 is 20.5 Å². The third-order valence-corrected chi connectivity index (χ3v) is 4.76. The van der Waals surface area contributed by atoms with E-state index >= 15 is 0 Å². The summed E-state index contributed by atoms with van der Waals surface area (Å²) in [5.74, 6) is -0.598. The molecule has 1 aliphatic heterocycles. The molecule has 0 amide bonds. The number of halogens is 1. The smallest absolute Gasteiger partial charge is 0.182 e. The maximum atomic E-state index is 14.3. The van der Waals surface area contributed by atoms with Crippen LogP contribution >= 0.6 is 0 Å². The lowest BCUT2D eigenvalue weighted by Crippen LogP contribution is -2.27. The number of ether oxygens (including phenoxy) is 2. The van der Waals surface area contributed by atoms with Crippen LogP contribution in [0.15, 0.2) is 11.0 Å². The molecule has 21 heavy (non-hydrogen) atoms. The van der Waals surface area contributed by atoms with Gasteiger partial charge in [0, 0.05) is 17.9 Å². The van der Waals surface area contributed by atoms with Gasteiger partial charge < -0.3 is 14.8 Å². The highest BCUT2D eigenvalue weighted by Gasteiger charge is 2.30. The van der Waals surface area contributed by atoms with Crippen molar-refractivity contribution in [3.8, 4) is 11.5 Å². The van der Waals surface area contributed by atoms with E-state index in [0.29, 0.717) is 5.56 Å². The van der Waals surface area contributed by atoms with E-state index in [4.69, 9.17) is 9.47 Å². The first kappa shape index (κ1) is 16.0. The Balaban J connectivity index is 2.65. The van der Waals surface area contributed by atoms with Crippen molar-refractivity contribution in [1.29, 1.82) is 0 Å². The van der Waals surface area contributed by atoms with Crippen molar-refractivity contribution >= 4 is 9.84 Å². The third kappa shape index (κ3) is 3.13. The minimum atomic E-state index is -3.76. The summed E-state index contributed by atoms with van der Waals surface area (Å²) < 4.78 is 48.4. The van der Waals surface area contributed by atoms with Crippen LogP contribution in [0.1, 0.15) is 30.9 Å². The Kier molecular flexibility index (Phi) is 4.73. The molecule has 1 heterocycles. The van der Waals surface area contributed by atoms with E-state index in [0.717, 1.165) is 32.1 Å². The Morgan fingerprint density at radius 1 is 1.24 bits per heavy atom. The second-order valence-corrected chi connectivity index (χ2v) is 7.07. The molecule has 118 valence electrons. The van der Waals surface area contributed by atoms with Crippen molar-refractivity contribution in [2.24, 2.45) is 0 Å². The molecular weight excluding hydrogens is 297 g/mol. The van der Waals surface area contributed by atoms with Crippen LogP contribution < -0.4 is 14.8 Å². The van der Waals surface area contributed by atoms with E-state index in [1.807, 2.05) is 0 Å². The van der Waals surface area contributed by atoms with Crippen LogP contribution in [0.4, 0.5) is 4.39 Å². The van der Waals surface area contributed by atoms with Crippen molar-refractivity contribution in [3.63, 3.8) is 0 Å². The highest BCUT2D eigenvalue weighted by atomic mass is 32.2. The van der Waals surface area contributed by atoms with Gasteiger partial charge in [-0.05, 0) is 25.5 Å². The summed E-state index contributed by atoms with van der Waals surface area (Å²) in [6.07, 6.45) is 3.89. The first-order valence-electron chi connectivity index (χ1n) is 6.78. The average molecular weight is 317 g/mol. The summed E-state index contributed by atoms with van der Waals surface area (Å²) in [5, 5.41) is 3.30. The summed E-state index contributed by atoms with van der Waals surface area (Å²) in [5.41, 5.74) is 0.596. The molecule has 2 rings (SSSR count). The van der Waals surface area contributed by atoms with Gasteiger partial charge in [0.2, 0.25) is 0 Å². The zero-order chi connectivity index (χ0) is 15.6. The first-order chi connectivity index (χ1) is 9.90. The van der Waals surface area contributed by atoms with Crippen molar-refractivity contribution in [2.45, 2.75) is 30.2 Å². The standard InChI is InChI=1S/C14H20FNO4S/c1-19-12-9(11-6-4-5-7-16-11)8-10(15)14(13(12)20-2)21(3,17)18/h8,11,16H,4-7H2,1-3H3. The number of benzene rings is 1. The van der Waals surface area contributed by atoms with Crippen molar-refractivity contribution in [1.82, 2.24) is 5.32 Å². The van der Waals surface area contributed by atoms with E-state index in [2.05, 4.69) is 5.32 Å². The second-order valence-electron chi connectivity index (χ2n) is 5.12. The van der Waals surface area contributed by atoms with Crippen LogP contribution in [0.25, 0.3) is 0 Å². The molecule has 0 bridgehead atoms. The van der Waals surface area contributed by atoms with E-state index in [1.54, 1.807) is 0 Å². The topological polar surface area (TPSA) is 64.6 Å². The molecule has 1 N–H and O–H groups in total. The quantitative estimate of drug-likeness (QED) is 0.921. The molecule has 1 fully saturated rings. The SMILES string of the molecule is COc1c(C2CCCCN2)cc(F)c(S(C)(=O)=O)c1OC. The molecule has 1 atom stereocenters. The summed E-state index contributed by atoms with van der Waals surface area (Å²) in [4.78, 5) is -0.457. The van der Waals surface area contributed by atoms with Gasteiger partial charge in [-0.1, -0.05) is 6.42 Å². The van der Waals surface area contributed by atoms with E-state index in [9.17, 15) is 12.8 Å². The molecule has 1 saturated heterocycles. The summed E-state index contributed by atoms with van der Waals surface area (Å²) >= 11 is 0. The lowest BCUT2D eigenvalue weighted by Gasteiger charge is -2.27. The van der Waals surface area contributed by atoms with Crippen LogP contribution in [0.2, 0.25) is 0 Å². The molecule has 1 aliphatic rings. The van der Waals surface area contributed by atoms with E-state index in [-0.39, 0.29) is 17.5 Å². The predicted molar refractivity (Wildman–Crippen MR) is 77.2 cm³/mol. The number of methoxy groups -OCH3 is 2. The summed E-state index contributed by atoms with van der Waals surface area (Å²) in [6.45, 7) is 0.839. The monoisotopic (exact) mass is 317 g/mol. The van der Waals surface area contributed by atoms with Gasteiger partial charge in [0.25, 0.3) is 0 Å². The van der Waals surface area contributed by atoms with Gasteiger partial charge in [0.1, 0.15) is 10.7 Å². The molecule has 7 heteroatoms. The highest BCUT2D eigenvalue weighted by molar-refractivity contribution is 7.90. The van der Waals surface area contributed by atoms with Crippen molar-refractivity contribution in [3.05, 3.63) is 17.4 Å². The predicted octanol–water partition coefficient (Wildman–Crippen LogP) is 2.06. The lowest BCUT2D eigenvalue weighted by molar-refractivity contribution is 0.326. The molecule has 0 aromatic heterocycles. The number of sulfone groups is 1. The highest BCUT2D eigenvalue weighted by Crippen LogP contribution is 2.43. The maximum Gasteiger partial charge on any atom is 0.182 e. The number of piperidine rings is 1. The van der Waals surface area contributed by atoms with Gasteiger partial charge in [-0.3, -0.25) is 0 Å². The molecule has 0 aliphatic carbocycles. The first-order valence-corrected chi connectivity index (χ1v) is 8.67. The molecule has 5 nitrogen and oxygen atoms in total. The Morgan fingerprint density at radius 3 is 2.38 bits per heavy atom. The minimum Gasteiger partial charge on any atom is -0.492 e. The molecule has 1 unspecified atom stereocenters. The van der Waals surface area contributed by atoms with Crippen molar-refractivity contribution in [2.75, 3.05) is 27.0 Å². The minimum absolute atomic E-state index is 0.0642. The number of nitrogens with one attached hydrogen (secondary N) is 1. The second kappa shape index (κ2) is 6.19. The molecule has 0 spiro atoms. The van der Waals surface area contributed by atoms with Gasteiger partial charge in [-0.2, -0.15) is 0 Å². The Morgan fingerprint density at radius 2 is 1.90 bits per heavy atom. The van der Waals surface area contributed by atoms with Gasteiger partial charge in [-0.15, -0.1) is 0 Å². The van der Waals surface area contributed by atoms with Gasteiger partial charge in [0.15, 0.2) is 21.3 Å². The van der Waals surface area contributed by atoms with Gasteiger partial charge >= 0.3 is 0 Å². The zero-order valence-corrected chi connectivity index (χ0v) is 13.2. The van der Waals surface area contributed by atoms with Gasteiger partial charge in [-0.25, -0.2) is 12.8 Å². The Bertz CT molecular complexity index is 624. The third-order valence-electron chi connectivity index (χ3n) is 3.64. The fraction of sp³-hybridized carbons (Fsp3) is 0.571. The van der Waals surface area contributed by atoms with Crippen LogP contribution in [0, 0.1) is 5.82 Å². The largest absolute Gasteiger partial charge is 0.492 e. The molecule has 1 aromatic carbocycles. The molecule has 0 saturated carbocycles. The molecular formula is C14H20FNO4S. The normalized spacial score (nSPS) is 19.3. The van der Waals surface area contributed by atoms with Crippen LogP contribution in [0.3, 0.4) is 0 Å². The van der Waals surface area contributed by atoms with Gasteiger partial charge in [0.05, 0.1) is 14.2 Å². The summed E-state index contributed by atoms with van der Waals surface area (Å²) in [7, 11) is -1.02. The fourth-order valence-corrected chi connectivity index (χ4v) is 3.65. The molecule has 0 radical (unpaired) electrons. The number of rotatable bonds is 4. The number of hydrogen-bond donors (Lipinski definition) is 1. The number of hydrogen-bond acceptors (Lipinski definition) is 5. The Labute approximate surface area is 124 Å².